The van der Waals surface area contributed by atoms with Crippen LogP contribution < -0.4 is 19.7 Å². The van der Waals surface area contributed by atoms with Gasteiger partial charge in [0.15, 0.2) is 11.5 Å². The number of anilines is 1. The van der Waals surface area contributed by atoms with Gasteiger partial charge in [-0.3, -0.25) is 9.69 Å². The van der Waals surface area contributed by atoms with Crippen molar-refractivity contribution in [1.82, 2.24) is 10.2 Å². The lowest BCUT2D eigenvalue weighted by Gasteiger charge is -2.40. The second kappa shape index (κ2) is 9.91. The maximum absolute atomic E-state index is 14.3. The summed E-state index contributed by atoms with van der Waals surface area (Å²) in [7, 11) is 0. The van der Waals surface area contributed by atoms with E-state index in [4.69, 9.17) is 21.1 Å². The van der Waals surface area contributed by atoms with E-state index in [1.165, 1.54) is 6.07 Å². The van der Waals surface area contributed by atoms with E-state index in [-0.39, 0.29) is 24.6 Å². The van der Waals surface area contributed by atoms with Gasteiger partial charge in [0.2, 0.25) is 6.79 Å². The number of nitrogens with one attached hydrogen (secondary N) is 1. The van der Waals surface area contributed by atoms with Crippen molar-refractivity contribution in [2.45, 2.75) is 6.04 Å². The number of rotatable bonds is 6. The molecule has 0 unspecified atom stereocenters. The Morgan fingerprint density at radius 1 is 0.971 bits per heavy atom. The van der Waals surface area contributed by atoms with Crippen molar-refractivity contribution in [3.05, 3.63) is 88.7 Å². The number of benzene rings is 3. The number of hydrogen-bond donors (Lipinski definition) is 1. The third kappa shape index (κ3) is 4.81. The van der Waals surface area contributed by atoms with E-state index < -0.39 is 0 Å². The highest BCUT2D eigenvalue weighted by molar-refractivity contribution is 6.30. The highest BCUT2D eigenvalue weighted by Crippen LogP contribution is 2.36. The van der Waals surface area contributed by atoms with E-state index in [0.717, 1.165) is 24.4 Å². The molecule has 0 aromatic heterocycles. The summed E-state index contributed by atoms with van der Waals surface area (Å²) in [5, 5.41) is 3.57. The van der Waals surface area contributed by atoms with Gasteiger partial charge in [0.25, 0.3) is 5.91 Å². The van der Waals surface area contributed by atoms with E-state index in [0.29, 0.717) is 41.7 Å². The van der Waals surface area contributed by atoms with Crippen molar-refractivity contribution in [2.24, 2.45) is 0 Å². The molecule has 1 N–H and O–H groups in total. The number of fused-ring (bicyclic) bond motifs is 1. The third-order valence-corrected chi connectivity index (χ3v) is 6.51. The van der Waals surface area contributed by atoms with E-state index in [1.807, 2.05) is 30.3 Å². The molecule has 1 amide bonds. The minimum Gasteiger partial charge on any atom is -0.454 e. The van der Waals surface area contributed by atoms with Crippen LogP contribution in [0.2, 0.25) is 5.02 Å². The fourth-order valence-electron chi connectivity index (χ4n) is 4.48. The van der Waals surface area contributed by atoms with Crippen molar-refractivity contribution < 1.29 is 18.7 Å². The molecule has 8 heteroatoms. The number of carbonyl (C=O) groups excluding carboxylic acids is 1. The smallest absolute Gasteiger partial charge is 0.251 e. The number of nitrogens with zero attached hydrogens (tertiary/aromatic N) is 2. The van der Waals surface area contributed by atoms with Crippen LogP contribution >= 0.6 is 11.6 Å². The molecule has 176 valence electrons. The molecule has 2 aliphatic heterocycles. The van der Waals surface area contributed by atoms with Crippen LogP contribution in [-0.4, -0.2) is 50.3 Å². The molecule has 0 aliphatic carbocycles. The molecule has 34 heavy (non-hydrogen) atoms. The molecule has 5 rings (SSSR count). The van der Waals surface area contributed by atoms with Crippen LogP contribution in [0.4, 0.5) is 10.1 Å². The number of piperazine rings is 1. The van der Waals surface area contributed by atoms with Crippen molar-refractivity contribution in [3.8, 4) is 11.5 Å². The van der Waals surface area contributed by atoms with Crippen molar-refractivity contribution >= 4 is 23.2 Å². The first kappa shape index (κ1) is 22.5. The summed E-state index contributed by atoms with van der Waals surface area (Å²) in [5.41, 5.74) is 2.16. The quantitative estimate of drug-likeness (QED) is 0.562. The largest absolute Gasteiger partial charge is 0.454 e. The molecule has 0 radical (unpaired) electrons. The maximum Gasteiger partial charge on any atom is 0.251 e. The van der Waals surface area contributed by atoms with Gasteiger partial charge in [-0.2, -0.15) is 0 Å². The fraction of sp³-hybridized carbons (Fsp3) is 0.269. The van der Waals surface area contributed by atoms with Gasteiger partial charge in [0.1, 0.15) is 5.82 Å². The zero-order valence-electron chi connectivity index (χ0n) is 18.5. The van der Waals surface area contributed by atoms with Crippen molar-refractivity contribution in [2.75, 3.05) is 44.4 Å². The first-order chi connectivity index (χ1) is 16.6. The maximum atomic E-state index is 14.3. The van der Waals surface area contributed by atoms with Gasteiger partial charge in [-0.1, -0.05) is 35.9 Å². The number of carbonyl (C=O) groups is 1. The summed E-state index contributed by atoms with van der Waals surface area (Å²) in [6.07, 6.45) is 0. The number of hydrogen-bond acceptors (Lipinski definition) is 5. The first-order valence-electron chi connectivity index (χ1n) is 11.3. The highest BCUT2D eigenvalue weighted by atomic mass is 35.5. The average Bonchev–Trinajstić information content (AvgIpc) is 3.33. The van der Waals surface area contributed by atoms with E-state index >= 15 is 0 Å². The Kier molecular flexibility index (Phi) is 6.56. The Morgan fingerprint density at radius 3 is 2.56 bits per heavy atom. The SMILES string of the molecule is O=C(NC[C@@H](c1ccc2c(c1)OCO2)N1CCN(c2ccccc2F)CC1)c1cccc(Cl)c1. The summed E-state index contributed by atoms with van der Waals surface area (Å²) in [6.45, 7) is 3.43. The van der Waals surface area contributed by atoms with Gasteiger partial charge in [-0.05, 0) is 48.0 Å². The van der Waals surface area contributed by atoms with Crippen LogP contribution in [0.1, 0.15) is 22.0 Å². The normalized spacial score (nSPS) is 16.4. The summed E-state index contributed by atoms with van der Waals surface area (Å²) >= 11 is 6.05. The van der Waals surface area contributed by atoms with E-state index in [1.54, 1.807) is 30.3 Å². The van der Waals surface area contributed by atoms with Gasteiger partial charge in [0.05, 0.1) is 11.7 Å². The van der Waals surface area contributed by atoms with Gasteiger partial charge >= 0.3 is 0 Å². The molecule has 3 aromatic carbocycles. The molecule has 2 aliphatic rings. The number of halogens is 2. The van der Waals surface area contributed by atoms with Crippen LogP contribution in [0.3, 0.4) is 0 Å². The summed E-state index contributed by atoms with van der Waals surface area (Å²) in [4.78, 5) is 17.2. The Morgan fingerprint density at radius 2 is 1.76 bits per heavy atom. The molecule has 0 saturated carbocycles. The second-order valence-corrected chi connectivity index (χ2v) is 8.76. The molecular weight excluding hydrogens is 457 g/mol. The second-order valence-electron chi connectivity index (χ2n) is 8.32. The zero-order valence-corrected chi connectivity index (χ0v) is 19.3. The minimum atomic E-state index is -0.211. The number of amides is 1. The zero-order chi connectivity index (χ0) is 23.5. The van der Waals surface area contributed by atoms with Crippen LogP contribution in [0.25, 0.3) is 0 Å². The lowest BCUT2D eigenvalue weighted by atomic mass is 10.0. The lowest BCUT2D eigenvalue weighted by Crippen LogP contribution is -2.50. The monoisotopic (exact) mass is 481 g/mol. The molecule has 2 heterocycles. The molecule has 1 fully saturated rings. The number of ether oxygens (including phenoxy) is 2. The van der Waals surface area contributed by atoms with E-state index in [2.05, 4.69) is 15.1 Å². The minimum absolute atomic E-state index is 0.0830. The van der Waals surface area contributed by atoms with E-state index in [9.17, 15) is 9.18 Å². The van der Waals surface area contributed by atoms with Crippen LogP contribution in [-0.2, 0) is 0 Å². The van der Waals surface area contributed by atoms with Crippen LogP contribution in [0, 0.1) is 5.82 Å². The Bertz CT molecular complexity index is 1180. The lowest BCUT2D eigenvalue weighted by molar-refractivity contribution is 0.0930. The van der Waals surface area contributed by atoms with Gasteiger partial charge in [-0.15, -0.1) is 0 Å². The Hall–Kier alpha value is -3.29. The van der Waals surface area contributed by atoms with Gasteiger partial charge < -0.3 is 19.7 Å². The average molecular weight is 482 g/mol. The van der Waals surface area contributed by atoms with Crippen LogP contribution in [0.15, 0.2) is 66.7 Å². The molecule has 1 saturated heterocycles. The van der Waals surface area contributed by atoms with Gasteiger partial charge in [0, 0.05) is 43.3 Å². The fourth-order valence-corrected chi connectivity index (χ4v) is 4.67. The summed E-state index contributed by atoms with van der Waals surface area (Å²) in [6, 6.07) is 19.5. The third-order valence-electron chi connectivity index (χ3n) is 6.27. The molecule has 0 bridgehead atoms. The topological polar surface area (TPSA) is 54.0 Å². The standard InChI is InChI=1S/C26H25ClFN3O3/c27-20-5-3-4-19(14-20)26(32)29-16-23(18-8-9-24-25(15-18)34-17-33-24)31-12-10-30(11-13-31)22-7-2-1-6-21(22)28/h1-9,14-15,23H,10-13,16-17H2,(H,29,32)/t23-/m0/s1. The highest BCUT2D eigenvalue weighted by Gasteiger charge is 2.28. The summed E-state index contributed by atoms with van der Waals surface area (Å²) in [5.74, 6) is 1.03. The van der Waals surface area contributed by atoms with Crippen molar-refractivity contribution in [1.29, 1.82) is 0 Å². The summed E-state index contributed by atoms with van der Waals surface area (Å²) < 4.78 is 25.3. The Balaban J connectivity index is 1.33. The molecule has 0 spiro atoms. The Labute approximate surface area is 202 Å². The van der Waals surface area contributed by atoms with Crippen molar-refractivity contribution in [3.63, 3.8) is 0 Å². The van der Waals surface area contributed by atoms with Crippen LogP contribution in [0.5, 0.6) is 11.5 Å². The predicted octanol–water partition coefficient (Wildman–Crippen LogP) is 4.50. The molecular formula is C26H25ClFN3O3. The molecule has 3 aromatic rings. The predicted molar refractivity (Wildman–Crippen MR) is 129 cm³/mol. The number of para-hydroxylation sites is 1. The first-order valence-corrected chi connectivity index (χ1v) is 11.6. The molecule has 6 nitrogen and oxygen atoms in total. The van der Waals surface area contributed by atoms with Gasteiger partial charge in [-0.25, -0.2) is 4.39 Å². The molecule has 1 atom stereocenters.